The third-order valence-corrected chi connectivity index (χ3v) is 7.16. The molecule has 0 fully saturated rings. The summed E-state index contributed by atoms with van der Waals surface area (Å²) in [5.41, 5.74) is 11.3. The lowest BCUT2D eigenvalue weighted by molar-refractivity contribution is -0.144. The Morgan fingerprint density at radius 3 is 1.42 bits per heavy atom. The van der Waals surface area contributed by atoms with E-state index in [1.54, 1.807) is 27.7 Å². The highest BCUT2D eigenvalue weighted by atomic mass is 16.4. The molecule has 19 heteroatoms. The minimum atomic E-state index is -1.55. The molecule has 0 aliphatic carbocycles. The molecule has 0 saturated carbocycles. The smallest absolute Gasteiger partial charge is 0.326 e. The van der Waals surface area contributed by atoms with Gasteiger partial charge in [-0.25, -0.2) is 4.79 Å². The minimum absolute atomic E-state index is 0.259. The maximum Gasteiger partial charge on any atom is 0.326 e. The maximum atomic E-state index is 13.3. The zero-order chi connectivity index (χ0) is 37.1. The molecule has 0 unspecified atom stereocenters. The summed E-state index contributed by atoms with van der Waals surface area (Å²) in [5.74, 6) is -9.78. The summed E-state index contributed by atoms with van der Waals surface area (Å²) in [6.45, 7) is 5.74. The number of carboxylic acid groups (broad SMARTS) is 3. The van der Waals surface area contributed by atoms with Gasteiger partial charge in [-0.05, 0) is 44.1 Å². The van der Waals surface area contributed by atoms with Gasteiger partial charge in [0.2, 0.25) is 29.5 Å². The second-order valence-electron chi connectivity index (χ2n) is 11.9. The van der Waals surface area contributed by atoms with Crippen LogP contribution in [0.3, 0.4) is 0 Å². The summed E-state index contributed by atoms with van der Waals surface area (Å²) in [5, 5.41) is 48.9. The molecular weight excluding hydrogens is 638 g/mol. The van der Waals surface area contributed by atoms with Crippen LogP contribution >= 0.6 is 0 Å². The maximum absolute atomic E-state index is 13.3. The van der Waals surface area contributed by atoms with Gasteiger partial charge < -0.3 is 58.5 Å². The van der Waals surface area contributed by atoms with Crippen LogP contribution in [0.4, 0.5) is 0 Å². The molecule has 48 heavy (non-hydrogen) atoms. The number of amides is 5. The topological polar surface area (TPSA) is 330 Å². The van der Waals surface area contributed by atoms with Crippen LogP contribution in [0.15, 0.2) is 0 Å². The van der Waals surface area contributed by atoms with Crippen LogP contribution < -0.4 is 38.1 Å². The number of aliphatic carboxylic acids is 3. The van der Waals surface area contributed by atoms with Crippen LogP contribution in [0.25, 0.3) is 0 Å². The molecule has 0 bridgehead atoms. The van der Waals surface area contributed by atoms with Crippen molar-refractivity contribution < 1.29 is 58.8 Å². The predicted molar refractivity (Wildman–Crippen MR) is 169 cm³/mol. The van der Waals surface area contributed by atoms with Crippen molar-refractivity contribution in [3.63, 3.8) is 0 Å². The third kappa shape index (κ3) is 16.5. The molecule has 274 valence electrons. The molecule has 13 N–H and O–H groups in total. The van der Waals surface area contributed by atoms with E-state index in [0.29, 0.717) is 19.4 Å². The summed E-state index contributed by atoms with van der Waals surface area (Å²) in [6.07, 6.45) is -0.547. The summed E-state index contributed by atoms with van der Waals surface area (Å²) in [4.78, 5) is 98.7. The standard InChI is InChI=1S/C29H51N7O12/c1-14(2)22(27(45)33-18(29(47)48)9-11-21(40)41)36-28(46)23(15(3)4)35-25(43)17(8-10-20(38)39)32-26(44)19(13-37)34-24(42)16(31)7-5-6-12-30/h14-19,22-23,37H,5-13,30-31H2,1-4H3,(H,32,44)(H,33,45)(H,34,42)(H,35,43)(H,36,46)(H,38,39)(H,40,41)(H,47,48)/t16-,17-,18-,19-,22-,23-/m0/s1. The van der Waals surface area contributed by atoms with Gasteiger partial charge in [0.25, 0.3) is 0 Å². The molecule has 0 aromatic carbocycles. The van der Waals surface area contributed by atoms with Crippen molar-refractivity contribution >= 4 is 47.4 Å². The van der Waals surface area contributed by atoms with Crippen molar-refractivity contribution in [2.24, 2.45) is 23.3 Å². The second kappa shape index (κ2) is 22.3. The SMILES string of the molecule is CC(C)[C@H](NC(=O)[C@H](CCC(=O)O)NC(=O)[C@H](CO)NC(=O)[C@@H](N)CCCCN)C(=O)N[C@H](C(=O)N[C@@H](CCC(=O)O)C(=O)O)C(C)C. The first-order valence-corrected chi connectivity index (χ1v) is 15.6. The Morgan fingerprint density at radius 1 is 0.562 bits per heavy atom. The number of aliphatic hydroxyl groups excluding tert-OH is 1. The van der Waals surface area contributed by atoms with Gasteiger partial charge >= 0.3 is 17.9 Å². The van der Waals surface area contributed by atoms with Crippen LogP contribution in [-0.4, -0.2) is 117 Å². The van der Waals surface area contributed by atoms with E-state index in [1.165, 1.54) is 0 Å². The third-order valence-electron chi connectivity index (χ3n) is 7.16. The molecule has 19 nitrogen and oxygen atoms in total. The van der Waals surface area contributed by atoms with E-state index >= 15 is 0 Å². The molecule has 5 amide bonds. The Kier molecular flexibility index (Phi) is 20.2. The number of rotatable bonds is 24. The number of nitrogens with one attached hydrogen (secondary N) is 5. The average molecular weight is 690 g/mol. The van der Waals surface area contributed by atoms with Crippen molar-refractivity contribution in [2.75, 3.05) is 13.2 Å². The molecular formula is C29H51N7O12. The highest BCUT2D eigenvalue weighted by molar-refractivity contribution is 5.96. The molecule has 0 radical (unpaired) electrons. The Hall–Kier alpha value is -4.36. The van der Waals surface area contributed by atoms with Gasteiger partial charge in [-0.3, -0.25) is 33.6 Å². The quantitative estimate of drug-likeness (QED) is 0.0450. The van der Waals surface area contributed by atoms with Crippen molar-refractivity contribution in [1.29, 1.82) is 0 Å². The number of nitrogens with two attached hydrogens (primary N) is 2. The normalized spacial score (nSPS) is 14.9. The zero-order valence-corrected chi connectivity index (χ0v) is 27.7. The summed E-state index contributed by atoms with van der Waals surface area (Å²) >= 11 is 0. The van der Waals surface area contributed by atoms with Crippen LogP contribution in [0, 0.1) is 11.8 Å². The van der Waals surface area contributed by atoms with E-state index in [-0.39, 0.29) is 6.42 Å². The van der Waals surface area contributed by atoms with Gasteiger partial charge in [-0.2, -0.15) is 0 Å². The van der Waals surface area contributed by atoms with Gasteiger partial charge in [0.15, 0.2) is 0 Å². The van der Waals surface area contributed by atoms with Crippen LogP contribution in [-0.2, 0) is 38.4 Å². The molecule has 0 saturated heterocycles. The van der Waals surface area contributed by atoms with Gasteiger partial charge in [-0.15, -0.1) is 0 Å². The summed E-state index contributed by atoms with van der Waals surface area (Å²) in [6, 6.07) is -8.28. The Bertz CT molecular complexity index is 1130. The van der Waals surface area contributed by atoms with E-state index < -0.39 is 128 Å². The van der Waals surface area contributed by atoms with Crippen LogP contribution in [0.1, 0.15) is 72.6 Å². The Morgan fingerprint density at radius 2 is 0.979 bits per heavy atom. The van der Waals surface area contributed by atoms with Gasteiger partial charge in [0.1, 0.15) is 30.2 Å². The van der Waals surface area contributed by atoms with E-state index in [9.17, 15) is 53.7 Å². The largest absolute Gasteiger partial charge is 0.481 e. The lowest BCUT2D eigenvalue weighted by atomic mass is 9.98. The molecule has 0 aliphatic heterocycles. The number of unbranched alkanes of at least 4 members (excludes halogenated alkanes) is 1. The zero-order valence-electron chi connectivity index (χ0n) is 27.7. The number of hydrogen-bond acceptors (Lipinski definition) is 11. The number of aliphatic hydroxyl groups is 1. The fourth-order valence-electron chi connectivity index (χ4n) is 4.28. The first kappa shape index (κ1) is 43.6. The predicted octanol–water partition coefficient (Wildman–Crippen LogP) is -3.01. The Labute approximate surface area is 278 Å². The number of carbonyl (C=O) groups is 8. The van der Waals surface area contributed by atoms with E-state index in [2.05, 4.69) is 26.6 Å². The molecule has 0 spiro atoms. The number of hydrogen-bond donors (Lipinski definition) is 11. The van der Waals surface area contributed by atoms with E-state index in [1.807, 2.05) is 0 Å². The molecule has 0 aliphatic rings. The van der Waals surface area contributed by atoms with Crippen LogP contribution in [0.5, 0.6) is 0 Å². The first-order chi connectivity index (χ1) is 22.4. The molecule has 0 rings (SSSR count). The summed E-state index contributed by atoms with van der Waals surface area (Å²) < 4.78 is 0. The molecule has 0 aromatic rings. The molecule has 6 atom stereocenters. The second-order valence-corrected chi connectivity index (χ2v) is 11.9. The molecule has 0 heterocycles. The highest BCUT2D eigenvalue weighted by Crippen LogP contribution is 2.10. The van der Waals surface area contributed by atoms with Crippen molar-refractivity contribution in [3.8, 4) is 0 Å². The van der Waals surface area contributed by atoms with E-state index in [0.717, 1.165) is 0 Å². The van der Waals surface area contributed by atoms with Crippen LogP contribution in [0.2, 0.25) is 0 Å². The average Bonchev–Trinajstić information content (AvgIpc) is 2.99. The Balaban J connectivity index is 5.85. The fraction of sp³-hybridized carbons (Fsp3) is 0.724. The van der Waals surface area contributed by atoms with Gasteiger partial charge in [0, 0.05) is 12.8 Å². The van der Waals surface area contributed by atoms with Gasteiger partial charge in [-0.1, -0.05) is 34.1 Å². The summed E-state index contributed by atoms with van der Waals surface area (Å²) in [7, 11) is 0. The highest BCUT2D eigenvalue weighted by Gasteiger charge is 2.35. The monoisotopic (exact) mass is 689 g/mol. The fourth-order valence-corrected chi connectivity index (χ4v) is 4.28. The van der Waals surface area contributed by atoms with E-state index in [4.69, 9.17) is 16.6 Å². The lowest BCUT2D eigenvalue weighted by Crippen LogP contribution is -2.61. The van der Waals surface area contributed by atoms with Crippen molar-refractivity contribution in [1.82, 2.24) is 26.6 Å². The minimum Gasteiger partial charge on any atom is -0.481 e. The first-order valence-electron chi connectivity index (χ1n) is 15.6. The van der Waals surface area contributed by atoms with Crippen molar-refractivity contribution in [2.45, 2.75) is 109 Å². The molecule has 0 aromatic heterocycles. The lowest BCUT2D eigenvalue weighted by Gasteiger charge is -2.29. The number of carbonyl (C=O) groups excluding carboxylic acids is 5. The van der Waals surface area contributed by atoms with Gasteiger partial charge in [0.05, 0.1) is 12.6 Å². The number of carboxylic acids is 3. The van der Waals surface area contributed by atoms with Crippen molar-refractivity contribution in [3.05, 3.63) is 0 Å².